The van der Waals surface area contributed by atoms with Crippen molar-refractivity contribution in [2.45, 2.75) is 13.8 Å². The number of hydrogen-bond acceptors (Lipinski definition) is 3. The second-order valence-corrected chi connectivity index (χ2v) is 2.37. The summed E-state index contributed by atoms with van der Waals surface area (Å²) < 4.78 is 0. The lowest BCUT2D eigenvalue weighted by molar-refractivity contribution is -0.385. The maximum atomic E-state index is 10.3. The van der Waals surface area contributed by atoms with Crippen LogP contribution in [0.3, 0.4) is 0 Å². The molecule has 0 aliphatic rings. The molecule has 0 aromatic carbocycles. The molecule has 0 amide bonds. The van der Waals surface area contributed by atoms with Crippen molar-refractivity contribution >= 4 is 5.69 Å². The van der Waals surface area contributed by atoms with Gasteiger partial charge in [0.15, 0.2) is 0 Å². The molecule has 0 atom stereocenters. The zero-order valence-electron chi connectivity index (χ0n) is 6.37. The molecule has 0 saturated heterocycles. The fraction of sp³-hybridized carbons (Fsp3) is 0.286. The van der Waals surface area contributed by atoms with Gasteiger partial charge in [0.2, 0.25) is 0 Å². The maximum Gasteiger partial charge on any atom is 0.290 e. The van der Waals surface area contributed by atoms with E-state index < -0.39 is 4.92 Å². The summed E-state index contributed by atoms with van der Waals surface area (Å²) in [6, 6.07) is 1.69. The predicted molar refractivity (Wildman–Crippen MR) is 40.4 cm³/mol. The van der Waals surface area contributed by atoms with Crippen molar-refractivity contribution in [3.8, 4) is 0 Å². The molecular formula is C7H8N2O2. The molecule has 11 heavy (non-hydrogen) atoms. The van der Waals surface area contributed by atoms with E-state index in [-0.39, 0.29) is 5.69 Å². The highest BCUT2D eigenvalue weighted by Gasteiger charge is 2.09. The van der Waals surface area contributed by atoms with Crippen molar-refractivity contribution in [2.24, 2.45) is 0 Å². The third kappa shape index (κ3) is 1.52. The molecule has 1 rings (SSSR count). The third-order valence-corrected chi connectivity index (χ3v) is 1.42. The van der Waals surface area contributed by atoms with E-state index in [0.717, 1.165) is 5.69 Å². The Morgan fingerprint density at radius 2 is 2.18 bits per heavy atom. The summed E-state index contributed by atoms with van der Waals surface area (Å²) in [5.41, 5.74) is 1.53. The normalized spacial score (nSPS) is 9.64. The Balaban J connectivity index is 3.20. The fourth-order valence-corrected chi connectivity index (χ4v) is 0.880. The summed E-state index contributed by atoms with van der Waals surface area (Å²) >= 11 is 0. The van der Waals surface area contributed by atoms with Crippen LogP contribution in [0.15, 0.2) is 12.3 Å². The Hall–Kier alpha value is -1.45. The molecule has 0 saturated carbocycles. The molecule has 0 aliphatic carbocycles. The zero-order chi connectivity index (χ0) is 8.43. The average Bonchev–Trinajstić information content (AvgIpc) is 1.85. The van der Waals surface area contributed by atoms with Crippen molar-refractivity contribution in [3.05, 3.63) is 33.6 Å². The summed E-state index contributed by atoms with van der Waals surface area (Å²) in [6.07, 6.45) is 1.28. The zero-order valence-corrected chi connectivity index (χ0v) is 6.37. The molecule has 1 aromatic heterocycles. The summed E-state index contributed by atoms with van der Waals surface area (Å²) in [6.45, 7) is 3.50. The highest BCUT2D eigenvalue weighted by molar-refractivity contribution is 5.36. The van der Waals surface area contributed by atoms with Crippen LogP contribution >= 0.6 is 0 Å². The van der Waals surface area contributed by atoms with Crippen molar-refractivity contribution < 1.29 is 4.92 Å². The van der Waals surface area contributed by atoms with Crippen molar-refractivity contribution in [2.75, 3.05) is 0 Å². The Morgan fingerprint density at radius 1 is 1.55 bits per heavy atom. The highest BCUT2D eigenvalue weighted by atomic mass is 16.6. The largest absolute Gasteiger partial charge is 0.290 e. The van der Waals surface area contributed by atoms with E-state index in [0.29, 0.717) is 5.56 Å². The number of pyridine rings is 1. The first-order valence-electron chi connectivity index (χ1n) is 3.19. The van der Waals surface area contributed by atoms with E-state index in [2.05, 4.69) is 4.98 Å². The van der Waals surface area contributed by atoms with E-state index in [1.807, 2.05) is 0 Å². The smallest absolute Gasteiger partial charge is 0.258 e. The standard InChI is InChI=1S/C7H8N2O2/c1-5-3-6(2)8-4-7(5)9(10)11/h3-4H,1-2H3. The topological polar surface area (TPSA) is 56.0 Å². The van der Waals surface area contributed by atoms with Crippen LogP contribution in [0.1, 0.15) is 11.3 Å². The predicted octanol–water partition coefficient (Wildman–Crippen LogP) is 1.61. The molecule has 0 unspecified atom stereocenters. The van der Waals surface area contributed by atoms with Crippen molar-refractivity contribution in [1.82, 2.24) is 4.98 Å². The lowest BCUT2D eigenvalue weighted by atomic mass is 10.2. The van der Waals surface area contributed by atoms with Gasteiger partial charge in [-0.1, -0.05) is 0 Å². The minimum Gasteiger partial charge on any atom is -0.258 e. The van der Waals surface area contributed by atoms with Gasteiger partial charge in [0.1, 0.15) is 6.20 Å². The quantitative estimate of drug-likeness (QED) is 0.453. The Labute approximate surface area is 64.0 Å². The SMILES string of the molecule is Cc1cc(C)c([N+](=O)[O-])cn1. The summed E-state index contributed by atoms with van der Waals surface area (Å²) in [5, 5.41) is 10.3. The van der Waals surface area contributed by atoms with E-state index in [4.69, 9.17) is 0 Å². The van der Waals surface area contributed by atoms with Crippen LogP contribution < -0.4 is 0 Å². The Kier molecular flexibility index (Phi) is 1.85. The van der Waals surface area contributed by atoms with Crippen molar-refractivity contribution in [1.29, 1.82) is 0 Å². The molecule has 1 aromatic rings. The van der Waals surface area contributed by atoms with E-state index in [9.17, 15) is 10.1 Å². The highest BCUT2D eigenvalue weighted by Crippen LogP contribution is 2.15. The minimum absolute atomic E-state index is 0.0793. The minimum atomic E-state index is -0.429. The first-order chi connectivity index (χ1) is 5.11. The second-order valence-electron chi connectivity index (χ2n) is 2.37. The lowest BCUT2D eigenvalue weighted by Crippen LogP contribution is -1.93. The molecular weight excluding hydrogens is 144 g/mol. The number of nitrogens with zero attached hydrogens (tertiary/aromatic N) is 2. The van der Waals surface area contributed by atoms with E-state index >= 15 is 0 Å². The van der Waals surface area contributed by atoms with Gasteiger partial charge in [0.05, 0.1) is 4.92 Å². The molecule has 4 nitrogen and oxygen atoms in total. The van der Waals surface area contributed by atoms with Crippen LogP contribution in [-0.4, -0.2) is 9.91 Å². The molecule has 58 valence electrons. The molecule has 0 bridgehead atoms. The van der Waals surface area contributed by atoms with Crippen LogP contribution in [0, 0.1) is 24.0 Å². The van der Waals surface area contributed by atoms with Gasteiger partial charge in [0, 0.05) is 11.3 Å². The van der Waals surface area contributed by atoms with Crippen LogP contribution in [0.5, 0.6) is 0 Å². The Bertz CT molecular complexity index is 296. The second kappa shape index (κ2) is 2.65. The molecule has 0 aliphatic heterocycles. The molecule has 4 heteroatoms. The maximum absolute atomic E-state index is 10.3. The summed E-state index contributed by atoms with van der Waals surface area (Å²) in [4.78, 5) is 13.7. The molecule has 0 radical (unpaired) electrons. The monoisotopic (exact) mass is 152 g/mol. The third-order valence-electron chi connectivity index (χ3n) is 1.42. The number of rotatable bonds is 1. The number of aromatic nitrogens is 1. The van der Waals surface area contributed by atoms with Gasteiger partial charge in [-0.25, -0.2) is 0 Å². The molecule has 0 fully saturated rings. The van der Waals surface area contributed by atoms with E-state index in [1.165, 1.54) is 6.20 Å². The van der Waals surface area contributed by atoms with Gasteiger partial charge in [-0.15, -0.1) is 0 Å². The number of nitro groups is 1. The van der Waals surface area contributed by atoms with Crippen LogP contribution in [0.2, 0.25) is 0 Å². The lowest BCUT2D eigenvalue weighted by Gasteiger charge is -1.95. The van der Waals surface area contributed by atoms with E-state index in [1.54, 1.807) is 19.9 Å². The van der Waals surface area contributed by atoms with Gasteiger partial charge < -0.3 is 0 Å². The van der Waals surface area contributed by atoms with Crippen molar-refractivity contribution in [3.63, 3.8) is 0 Å². The van der Waals surface area contributed by atoms with Crippen LogP contribution in [0.4, 0.5) is 5.69 Å². The molecule has 1 heterocycles. The van der Waals surface area contributed by atoms with Gasteiger partial charge in [0.25, 0.3) is 5.69 Å². The van der Waals surface area contributed by atoms with Crippen LogP contribution in [-0.2, 0) is 0 Å². The fourth-order valence-electron chi connectivity index (χ4n) is 0.880. The first kappa shape index (κ1) is 7.65. The van der Waals surface area contributed by atoms with Gasteiger partial charge in [-0.05, 0) is 19.9 Å². The summed E-state index contributed by atoms with van der Waals surface area (Å²) in [5.74, 6) is 0. The molecule has 0 N–H and O–H groups in total. The average molecular weight is 152 g/mol. The van der Waals surface area contributed by atoms with Gasteiger partial charge >= 0.3 is 0 Å². The Morgan fingerprint density at radius 3 is 2.64 bits per heavy atom. The summed E-state index contributed by atoms with van der Waals surface area (Å²) in [7, 11) is 0. The number of aryl methyl sites for hydroxylation is 2. The first-order valence-corrected chi connectivity index (χ1v) is 3.19. The van der Waals surface area contributed by atoms with Gasteiger partial charge in [-0.2, -0.15) is 0 Å². The molecule has 0 spiro atoms. The number of hydrogen-bond donors (Lipinski definition) is 0. The van der Waals surface area contributed by atoms with Crippen LogP contribution in [0.25, 0.3) is 0 Å². The van der Waals surface area contributed by atoms with Gasteiger partial charge in [-0.3, -0.25) is 15.1 Å².